The molecule has 4 rings (SSSR count). The molecule has 0 aromatic heterocycles. The van der Waals surface area contributed by atoms with Gasteiger partial charge in [0.15, 0.2) is 0 Å². The summed E-state index contributed by atoms with van der Waals surface area (Å²) in [6, 6.07) is 9.64. The first-order valence-electron chi connectivity index (χ1n) is 10.8. The maximum Gasteiger partial charge on any atom is 0.319 e. The highest BCUT2D eigenvalue weighted by molar-refractivity contribution is 6.05. The quantitative estimate of drug-likeness (QED) is 0.347. The summed E-state index contributed by atoms with van der Waals surface area (Å²) < 4.78 is 0. The van der Waals surface area contributed by atoms with Crippen LogP contribution in [0.3, 0.4) is 0 Å². The van der Waals surface area contributed by atoms with Gasteiger partial charge in [-0.3, -0.25) is 24.7 Å². The molecule has 1 atom stereocenters. The topological polar surface area (TPSA) is 132 Å². The predicted octanol–water partition coefficient (Wildman–Crippen LogP) is 2.44. The number of amides is 5. The Morgan fingerprint density at radius 3 is 2.82 bits per heavy atom. The van der Waals surface area contributed by atoms with Crippen molar-refractivity contribution in [3.05, 3.63) is 58.7 Å². The summed E-state index contributed by atoms with van der Waals surface area (Å²) in [5.41, 5.74) is 4.32. The van der Waals surface area contributed by atoms with Crippen LogP contribution in [0.2, 0.25) is 0 Å². The molecule has 2 aliphatic heterocycles. The van der Waals surface area contributed by atoms with Crippen LogP contribution < -0.4 is 16.0 Å². The number of carbonyl (C=O) groups excluding carboxylic acids is 4. The number of hydrogen-bond donors (Lipinski definition) is 3. The Morgan fingerprint density at radius 1 is 1.24 bits per heavy atom. The molecule has 1 unspecified atom stereocenters. The highest BCUT2D eigenvalue weighted by Gasteiger charge is 2.39. The molecule has 2 aromatic carbocycles. The normalized spacial score (nSPS) is 17.5. The summed E-state index contributed by atoms with van der Waals surface area (Å²) in [6.45, 7) is 5.80. The van der Waals surface area contributed by atoms with Gasteiger partial charge in [-0.25, -0.2) is 9.79 Å². The number of nitrogens with one attached hydrogen (secondary N) is 3. The van der Waals surface area contributed by atoms with Crippen LogP contribution in [0.5, 0.6) is 0 Å². The van der Waals surface area contributed by atoms with E-state index in [4.69, 9.17) is 0 Å². The van der Waals surface area contributed by atoms with E-state index in [0.29, 0.717) is 23.4 Å². The van der Waals surface area contributed by atoms with Crippen LogP contribution in [0.15, 0.2) is 46.4 Å². The third-order valence-corrected chi connectivity index (χ3v) is 5.79. The molecule has 3 N–H and O–H groups in total. The van der Waals surface area contributed by atoms with E-state index in [0.717, 1.165) is 16.7 Å². The zero-order valence-electron chi connectivity index (χ0n) is 18.6. The minimum Gasteiger partial charge on any atom is -0.334 e. The molecular formula is C24H24N6O4. The molecule has 2 aromatic rings. The third kappa shape index (κ3) is 4.85. The van der Waals surface area contributed by atoms with E-state index in [1.165, 1.54) is 11.2 Å². The number of piperidine rings is 1. The molecule has 0 spiro atoms. The fraction of sp³-hybridized carbons (Fsp3) is 0.250. The van der Waals surface area contributed by atoms with E-state index in [-0.39, 0.29) is 37.4 Å². The molecule has 0 radical (unpaired) electrons. The van der Waals surface area contributed by atoms with Crippen LogP contribution in [-0.2, 0) is 22.7 Å². The molecule has 2 heterocycles. The van der Waals surface area contributed by atoms with Crippen LogP contribution >= 0.6 is 0 Å². The molecule has 2 aliphatic rings. The van der Waals surface area contributed by atoms with Gasteiger partial charge in [0.25, 0.3) is 5.91 Å². The first kappa shape index (κ1) is 22.8. The minimum absolute atomic E-state index is 0.209. The second-order valence-electron chi connectivity index (χ2n) is 8.13. The van der Waals surface area contributed by atoms with Gasteiger partial charge in [-0.05, 0) is 55.0 Å². The van der Waals surface area contributed by atoms with Gasteiger partial charge in [-0.1, -0.05) is 18.2 Å². The molecule has 34 heavy (non-hydrogen) atoms. The maximum absolute atomic E-state index is 12.8. The summed E-state index contributed by atoms with van der Waals surface area (Å²) in [4.78, 5) is 58.0. The SMILES string of the molecule is C=N/C=N\c1cc(NC(=O)NCc2ccc3c(c2)CN(C2CCC(=O)NC2=O)C3=O)ccc1C. The van der Waals surface area contributed by atoms with E-state index in [2.05, 4.69) is 32.7 Å². The van der Waals surface area contributed by atoms with Crippen molar-refractivity contribution in [1.29, 1.82) is 0 Å². The number of benzene rings is 2. The average Bonchev–Trinajstić information content (AvgIpc) is 3.13. The second-order valence-corrected chi connectivity index (χ2v) is 8.13. The van der Waals surface area contributed by atoms with Crippen molar-refractivity contribution >= 4 is 48.2 Å². The first-order valence-corrected chi connectivity index (χ1v) is 10.8. The number of fused-ring (bicyclic) bond motifs is 1. The van der Waals surface area contributed by atoms with Gasteiger partial charge in [-0.15, -0.1) is 0 Å². The Morgan fingerprint density at radius 2 is 2.06 bits per heavy atom. The number of carbonyl (C=O) groups is 4. The molecule has 1 saturated heterocycles. The number of aryl methyl sites for hydroxylation is 1. The second kappa shape index (κ2) is 9.65. The van der Waals surface area contributed by atoms with Gasteiger partial charge < -0.3 is 15.5 Å². The van der Waals surface area contributed by atoms with E-state index < -0.39 is 11.9 Å². The van der Waals surface area contributed by atoms with Gasteiger partial charge in [0.2, 0.25) is 11.8 Å². The number of anilines is 1. The van der Waals surface area contributed by atoms with Gasteiger partial charge in [0.1, 0.15) is 12.4 Å². The van der Waals surface area contributed by atoms with Crippen molar-refractivity contribution in [2.45, 2.75) is 38.9 Å². The average molecular weight is 460 g/mol. The molecule has 1 fully saturated rings. The summed E-state index contributed by atoms with van der Waals surface area (Å²) >= 11 is 0. The van der Waals surface area contributed by atoms with Crippen molar-refractivity contribution in [2.75, 3.05) is 5.32 Å². The van der Waals surface area contributed by atoms with E-state index in [1.807, 2.05) is 19.1 Å². The van der Waals surface area contributed by atoms with E-state index in [1.54, 1.807) is 24.3 Å². The Kier molecular flexibility index (Phi) is 6.48. The molecule has 10 nitrogen and oxygen atoms in total. The van der Waals surface area contributed by atoms with Crippen molar-refractivity contribution in [1.82, 2.24) is 15.5 Å². The molecule has 0 bridgehead atoms. The Balaban J connectivity index is 1.37. The monoisotopic (exact) mass is 460 g/mol. The lowest BCUT2D eigenvalue weighted by molar-refractivity contribution is -0.136. The number of rotatable bonds is 6. The van der Waals surface area contributed by atoms with Crippen molar-refractivity contribution in [3.8, 4) is 0 Å². The van der Waals surface area contributed by atoms with Crippen LogP contribution in [0.4, 0.5) is 16.2 Å². The van der Waals surface area contributed by atoms with Gasteiger partial charge in [0.05, 0.1) is 5.69 Å². The predicted molar refractivity (Wildman–Crippen MR) is 127 cm³/mol. The minimum atomic E-state index is -0.657. The van der Waals surface area contributed by atoms with Crippen molar-refractivity contribution in [2.24, 2.45) is 9.98 Å². The Labute approximate surface area is 196 Å². The standard InChI is InChI=1S/C24H24N6O4/c1-14-3-5-17(10-19(14)27-13-25-2)28-24(34)26-11-15-4-6-18-16(9-15)12-30(23(18)33)20-7-8-21(31)29-22(20)32/h3-6,9-10,13,20H,2,7-8,11-12H2,1H3,(H2,26,28,34)(H,29,31,32)/b27-13-. The fourth-order valence-electron chi connectivity index (χ4n) is 4.02. The van der Waals surface area contributed by atoms with E-state index in [9.17, 15) is 19.2 Å². The van der Waals surface area contributed by atoms with Gasteiger partial charge in [-0.2, -0.15) is 0 Å². The maximum atomic E-state index is 12.8. The lowest BCUT2D eigenvalue weighted by Crippen LogP contribution is -2.52. The largest absolute Gasteiger partial charge is 0.334 e. The van der Waals surface area contributed by atoms with Crippen LogP contribution in [0.25, 0.3) is 0 Å². The number of aliphatic imine (C=N–C) groups is 2. The molecule has 0 aliphatic carbocycles. The van der Waals surface area contributed by atoms with Gasteiger partial charge >= 0.3 is 6.03 Å². The lowest BCUT2D eigenvalue weighted by atomic mass is 10.0. The molecular weight excluding hydrogens is 436 g/mol. The summed E-state index contributed by atoms with van der Waals surface area (Å²) in [7, 11) is 0. The van der Waals surface area contributed by atoms with Crippen molar-refractivity contribution < 1.29 is 19.2 Å². The summed E-state index contributed by atoms with van der Waals surface area (Å²) in [5, 5.41) is 7.86. The smallest absolute Gasteiger partial charge is 0.319 e. The van der Waals surface area contributed by atoms with Crippen LogP contribution in [0, 0.1) is 6.92 Å². The van der Waals surface area contributed by atoms with Crippen LogP contribution in [-0.4, -0.2) is 47.8 Å². The lowest BCUT2D eigenvalue weighted by Gasteiger charge is -2.29. The fourth-order valence-corrected chi connectivity index (χ4v) is 4.02. The van der Waals surface area contributed by atoms with E-state index >= 15 is 0 Å². The molecule has 0 saturated carbocycles. The summed E-state index contributed by atoms with van der Waals surface area (Å²) in [5.74, 6) is -0.992. The highest BCUT2D eigenvalue weighted by atomic mass is 16.2. The zero-order valence-corrected chi connectivity index (χ0v) is 18.6. The molecule has 174 valence electrons. The molecule has 5 amide bonds. The first-order chi connectivity index (χ1) is 16.4. The van der Waals surface area contributed by atoms with Gasteiger partial charge in [0, 0.05) is 30.8 Å². The van der Waals surface area contributed by atoms with Crippen LogP contribution in [0.1, 0.15) is 39.9 Å². The number of nitrogens with zero attached hydrogens (tertiary/aromatic N) is 3. The third-order valence-electron chi connectivity index (χ3n) is 5.79. The number of urea groups is 1. The Hall–Kier alpha value is -4.34. The molecule has 10 heteroatoms. The highest BCUT2D eigenvalue weighted by Crippen LogP contribution is 2.28. The number of imide groups is 1. The Bertz CT molecular complexity index is 1220. The van der Waals surface area contributed by atoms with Crippen molar-refractivity contribution in [3.63, 3.8) is 0 Å². The zero-order chi connectivity index (χ0) is 24.2. The number of hydrogen-bond acceptors (Lipinski definition) is 5. The summed E-state index contributed by atoms with van der Waals surface area (Å²) in [6.07, 6.45) is 1.86.